The molecule has 570 valence electrons. The summed E-state index contributed by atoms with van der Waals surface area (Å²) in [7, 11) is 2.66. The molecule has 0 radical (unpaired) electrons. The van der Waals surface area contributed by atoms with Gasteiger partial charge in [-0.2, -0.15) is 11.8 Å². The number of hydrogen-bond donors (Lipinski definition) is 12. The summed E-state index contributed by atoms with van der Waals surface area (Å²) in [4.78, 5) is 207. The number of carboxylic acids is 1. The maximum absolute atomic E-state index is 14.6. The number of para-hydroxylation sites is 1. The topological polar surface area (TPSA) is 466 Å². The molecule has 33 nitrogen and oxygen atoms in total. The first-order chi connectivity index (χ1) is 49.3. The Bertz CT molecular complexity index is 3590. The normalized spacial score (nSPS) is 17.2. The Hall–Kier alpha value is -9.86. The summed E-state index contributed by atoms with van der Waals surface area (Å²) in [5, 5.41) is 41.6. The number of piperidine rings is 1. The average molecular weight is 1470 g/mol. The smallest absolute Gasteiger partial charge is 0.323 e. The molecule has 3 aliphatic rings. The minimum absolute atomic E-state index is 0.0111. The van der Waals surface area contributed by atoms with Gasteiger partial charge in [0.05, 0.1) is 31.9 Å². The molecule has 14 amide bonds. The number of primary amides is 1. The number of carbonyl (C=O) groups excluding carboxylic acids is 14. The molecule has 34 heteroatoms. The summed E-state index contributed by atoms with van der Waals surface area (Å²) in [6, 6.07) is 4.49. The van der Waals surface area contributed by atoms with Gasteiger partial charge >= 0.3 is 5.97 Å². The van der Waals surface area contributed by atoms with E-state index in [0.29, 0.717) is 60.7 Å². The van der Waals surface area contributed by atoms with Crippen LogP contribution in [0.1, 0.15) is 110 Å². The summed E-state index contributed by atoms with van der Waals surface area (Å²) in [5.41, 5.74) is 12.9. The first-order valence-corrected chi connectivity index (χ1v) is 36.3. The second-order valence-corrected chi connectivity index (χ2v) is 28.5. The standard InChI is InChI=1S/C70H102N16O17S/c1-41(2)30-49(77-58(90)37-81(6)61(93)38-82(7)68(101)52(80-65(98)48(23-24-71)76-43(5)87)33-45-36-83(39-62(94)95)53-15-9-8-14-47(45)53)64(97)73-25-29-104-40-59(91)79-51(32-44-19-21-46(88)22-20-44)70(103)86-26-11-10-16-56(86)67(100)75-35-60(92)84-27-13-18-55(84)66(99)74-34-57(89)78-50(31-42(3)4)69(102)85-28-12-17-54(85)63(72)96/h8-9,14-15,19-22,36,41-42,48-52,54-56,88H,10-13,16-18,23-35,37-40,71H2,1-7H3,(H2,72,96)(H,73,97)(H,74,99)(H,75,100)(H,76,87)(H,77,90)(H,78,89)(H,79,91)(H,80,98)(H,94,95)/t48-,49-,50-,51-,52-,54-,55-,56-/m0/s1. The van der Waals surface area contributed by atoms with Crippen LogP contribution in [-0.4, -0.2) is 261 Å². The van der Waals surface area contributed by atoms with Gasteiger partial charge in [0.1, 0.15) is 60.6 Å². The molecule has 0 unspecified atom stereocenters. The molecule has 0 bridgehead atoms. The molecule has 3 aromatic rings. The van der Waals surface area contributed by atoms with E-state index in [2.05, 4.69) is 42.5 Å². The highest BCUT2D eigenvalue weighted by Gasteiger charge is 2.41. The van der Waals surface area contributed by atoms with E-state index in [0.717, 1.165) is 21.6 Å². The molecule has 0 aliphatic carbocycles. The van der Waals surface area contributed by atoms with Crippen molar-refractivity contribution in [3.05, 3.63) is 65.9 Å². The molecule has 14 N–H and O–H groups in total. The molecule has 104 heavy (non-hydrogen) atoms. The number of thioether (sulfide) groups is 1. The minimum atomic E-state index is -1.33. The Labute approximate surface area is 608 Å². The fourth-order valence-electron chi connectivity index (χ4n) is 13.0. The summed E-state index contributed by atoms with van der Waals surface area (Å²) in [5.74, 6) is -9.76. The summed E-state index contributed by atoms with van der Waals surface area (Å²) in [6.45, 7) is 6.88. The Kier molecular flexibility index (Phi) is 32.2. The number of likely N-dealkylation sites (tertiary alicyclic amines) is 3. The highest BCUT2D eigenvalue weighted by Crippen LogP contribution is 2.26. The number of rotatable bonds is 38. The number of phenolic OH excluding ortho intramolecular Hbond substituents is 1. The molecule has 3 fully saturated rings. The Balaban J connectivity index is 0.990. The van der Waals surface area contributed by atoms with Crippen LogP contribution in [0.2, 0.25) is 0 Å². The van der Waals surface area contributed by atoms with Gasteiger partial charge < -0.3 is 93.3 Å². The number of nitrogens with two attached hydrogens (primary N) is 2. The minimum Gasteiger partial charge on any atom is -0.508 e. The zero-order chi connectivity index (χ0) is 76.5. The van der Waals surface area contributed by atoms with Crippen LogP contribution < -0.4 is 54.0 Å². The summed E-state index contributed by atoms with van der Waals surface area (Å²) < 4.78 is 1.49. The number of nitrogens with zero attached hydrogens (tertiary/aromatic N) is 6. The van der Waals surface area contributed by atoms with Crippen molar-refractivity contribution in [1.82, 2.24) is 71.6 Å². The van der Waals surface area contributed by atoms with Crippen molar-refractivity contribution in [3.63, 3.8) is 0 Å². The average Bonchev–Trinajstić information content (AvgIpc) is 1.65. The number of fused-ring (bicyclic) bond motifs is 1. The lowest BCUT2D eigenvalue weighted by atomic mass is 9.98. The number of nitrogens with one attached hydrogen (secondary N) is 8. The van der Waals surface area contributed by atoms with Crippen LogP contribution in [0, 0.1) is 11.8 Å². The maximum atomic E-state index is 14.6. The number of hydrogen-bond acceptors (Lipinski definition) is 18. The van der Waals surface area contributed by atoms with E-state index in [4.69, 9.17) is 11.5 Å². The van der Waals surface area contributed by atoms with Crippen molar-refractivity contribution < 1.29 is 82.1 Å². The van der Waals surface area contributed by atoms with E-state index in [9.17, 15) is 82.1 Å². The highest BCUT2D eigenvalue weighted by atomic mass is 32.2. The number of aliphatic carboxylic acids is 1. The van der Waals surface area contributed by atoms with Crippen LogP contribution in [0.25, 0.3) is 10.9 Å². The third kappa shape index (κ3) is 25.0. The number of aromatic nitrogens is 1. The van der Waals surface area contributed by atoms with Gasteiger partial charge in [-0.25, -0.2) is 0 Å². The highest BCUT2D eigenvalue weighted by molar-refractivity contribution is 7.99. The number of carbonyl (C=O) groups is 15. The van der Waals surface area contributed by atoms with E-state index in [-0.39, 0.29) is 100 Å². The lowest BCUT2D eigenvalue weighted by molar-refractivity contribution is -0.145. The van der Waals surface area contributed by atoms with Gasteiger partial charge in [-0.05, 0) is 112 Å². The van der Waals surface area contributed by atoms with Crippen molar-refractivity contribution >= 4 is 111 Å². The molecule has 2 aromatic carbocycles. The molecule has 3 saturated heterocycles. The predicted molar refractivity (Wildman–Crippen MR) is 383 cm³/mol. The van der Waals surface area contributed by atoms with Crippen LogP contribution in [0.5, 0.6) is 5.75 Å². The second-order valence-electron chi connectivity index (χ2n) is 27.4. The zero-order valence-electron chi connectivity index (χ0n) is 60.2. The molecule has 0 spiro atoms. The number of benzene rings is 2. The number of likely N-dealkylation sites (N-methyl/N-ethyl adjacent to an activating group) is 2. The van der Waals surface area contributed by atoms with Crippen molar-refractivity contribution in [2.45, 2.75) is 167 Å². The van der Waals surface area contributed by atoms with Gasteiger partial charge in [0, 0.05) is 82.9 Å². The number of aromatic hydroxyl groups is 1. The van der Waals surface area contributed by atoms with Crippen LogP contribution in [0.3, 0.4) is 0 Å². The van der Waals surface area contributed by atoms with Crippen LogP contribution in [0.4, 0.5) is 0 Å². The third-order valence-electron chi connectivity index (χ3n) is 18.1. The first kappa shape index (κ1) is 83.1. The molecule has 4 heterocycles. The zero-order valence-corrected chi connectivity index (χ0v) is 61.0. The molecule has 6 rings (SSSR count). The van der Waals surface area contributed by atoms with Crippen LogP contribution >= 0.6 is 11.8 Å². The van der Waals surface area contributed by atoms with E-state index in [1.807, 2.05) is 27.7 Å². The molecule has 1 aromatic heterocycles. The lowest BCUT2D eigenvalue weighted by Gasteiger charge is -2.37. The summed E-state index contributed by atoms with van der Waals surface area (Å²) >= 11 is 1.14. The van der Waals surface area contributed by atoms with Gasteiger partial charge in [-0.3, -0.25) is 71.9 Å². The molecular formula is C70H102N16O17S. The third-order valence-corrected chi connectivity index (χ3v) is 19.0. The number of amides is 14. The van der Waals surface area contributed by atoms with Crippen molar-refractivity contribution in [2.24, 2.45) is 23.3 Å². The van der Waals surface area contributed by atoms with Crippen LogP contribution in [-0.2, 0) is 91.3 Å². The summed E-state index contributed by atoms with van der Waals surface area (Å²) in [6.07, 6.45) is 4.96. The van der Waals surface area contributed by atoms with Crippen molar-refractivity contribution in [3.8, 4) is 5.75 Å². The fraction of sp³-hybridized carbons (Fsp3) is 0.586. The van der Waals surface area contributed by atoms with Gasteiger partial charge in [-0.15, -0.1) is 0 Å². The van der Waals surface area contributed by atoms with Gasteiger partial charge in [0.25, 0.3) is 0 Å². The lowest BCUT2D eigenvalue weighted by Crippen LogP contribution is -2.59. The molecule has 3 aliphatic heterocycles. The van der Waals surface area contributed by atoms with E-state index in [1.165, 1.54) is 52.4 Å². The second kappa shape index (κ2) is 40.3. The molecular weight excluding hydrogens is 1370 g/mol. The van der Waals surface area contributed by atoms with Gasteiger partial charge in [0.15, 0.2) is 0 Å². The SMILES string of the molecule is CC(=O)N[C@@H](CCN)C(=O)N[C@@H](Cc1cn(CC(=O)O)c2ccccc12)C(=O)N(C)CC(=O)N(C)CC(=O)N[C@@H](CC(C)C)C(=O)NCCSCC(=O)N[C@@H](Cc1ccc(O)cc1)C(=O)N1CCCC[C@H]1C(=O)NCC(=O)N1CCC[C@H]1C(=O)NCC(=O)N[C@@H](CC(C)C)C(=O)N1CCC[C@H]1C(N)=O. The number of phenols is 1. The molecule has 8 atom stereocenters. The van der Waals surface area contributed by atoms with Gasteiger partial charge in [0.2, 0.25) is 82.7 Å². The monoisotopic (exact) mass is 1470 g/mol. The van der Waals surface area contributed by atoms with E-state index < -0.39 is 170 Å². The fourth-order valence-corrected chi connectivity index (χ4v) is 13.7. The quantitative estimate of drug-likeness (QED) is 0.0275. The van der Waals surface area contributed by atoms with Crippen molar-refractivity contribution in [1.29, 1.82) is 0 Å². The van der Waals surface area contributed by atoms with Crippen molar-refractivity contribution in [2.75, 3.05) is 84.5 Å². The molecule has 0 saturated carbocycles. The number of carboxylic acid groups (broad SMARTS) is 1. The first-order valence-electron chi connectivity index (χ1n) is 35.2. The van der Waals surface area contributed by atoms with E-state index >= 15 is 0 Å². The predicted octanol–water partition coefficient (Wildman–Crippen LogP) is -2.05. The maximum Gasteiger partial charge on any atom is 0.323 e. The Morgan fingerprint density at radius 3 is 1.85 bits per heavy atom. The van der Waals surface area contributed by atoms with E-state index in [1.54, 1.807) is 42.6 Å². The Morgan fingerprint density at radius 2 is 1.19 bits per heavy atom. The largest absolute Gasteiger partial charge is 0.508 e. The van der Waals surface area contributed by atoms with Gasteiger partial charge in [-0.1, -0.05) is 58.0 Å². The van der Waals surface area contributed by atoms with Crippen LogP contribution in [0.15, 0.2) is 54.7 Å². The Morgan fingerprint density at radius 1 is 0.606 bits per heavy atom.